The molecule has 2 rings (SSSR count). The first kappa shape index (κ1) is 23.1. The fourth-order valence-electron chi connectivity index (χ4n) is 3.83. The lowest BCUT2D eigenvalue weighted by molar-refractivity contribution is 0.159. The van der Waals surface area contributed by atoms with Gasteiger partial charge in [0.1, 0.15) is 17.2 Å². The Kier molecular flexibility index (Phi) is 9.91. The largest absolute Gasteiger partial charge is 0.496 e. The first-order chi connectivity index (χ1) is 14.1. The van der Waals surface area contributed by atoms with Gasteiger partial charge in [-0.2, -0.15) is 0 Å². The number of nitrogens with zero attached hydrogens (tertiary/aromatic N) is 2. The third-order valence-electron chi connectivity index (χ3n) is 5.56. The van der Waals surface area contributed by atoms with Gasteiger partial charge >= 0.3 is 0 Å². The highest BCUT2D eigenvalue weighted by Gasteiger charge is 2.17. The monoisotopic (exact) mass is 406 g/mol. The van der Waals surface area contributed by atoms with Crippen molar-refractivity contribution in [2.75, 3.05) is 54.6 Å². The molecule has 0 saturated carbocycles. The Bertz CT molecular complexity index is 626. The second-order valence-electron chi connectivity index (χ2n) is 7.42. The summed E-state index contributed by atoms with van der Waals surface area (Å²) >= 11 is 0. The zero-order chi connectivity index (χ0) is 21.1. The van der Waals surface area contributed by atoms with Crippen LogP contribution in [0.2, 0.25) is 0 Å². The van der Waals surface area contributed by atoms with E-state index in [4.69, 9.17) is 14.2 Å². The number of guanidine groups is 1. The lowest BCUT2D eigenvalue weighted by atomic mass is 10.0. The summed E-state index contributed by atoms with van der Waals surface area (Å²) in [6.45, 7) is 6.36. The van der Waals surface area contributed by atoms with Gasteiger partial charge in [-0.05, 0) is 39.2 Å². The Balaban J connectivity index is 1.78. The van der Waals surface area contributed by atoms with Crippen LogP contribution >= 0.6 is 0 Å². The summed E-state index contributed by atoms with van der Waals surface area (Å²) in [6, 6.07) is 4.48. The number of hydrogen-bond acceptors (Lipinski definition) is 5. The van der Waals surface area contributed by atoms with Crippen LogP contribution in [0.4, 0.5) is 0 Å². The van der Waals surface area contributed by atoms with Gasteiger partial charge in [-0.15, -0.1) is 0 Å². The average Bonchev–Trinajstić information content (AvgIpc) is 2.76. The topological polar surface area (TPSA) is 67.4 Å². The summed E-state index contributed by atoms with van der Waals surface area (Å²) in [5.41, 5.74) is 1.01. The van der Waals surface area contributed by atoms with Crippen LogP contribution < -0.4 is 24.8 Å². The van der Waals surface area contributed by atoms with E-state index in [0.29, 0.717) is 0 Å². The van der Waals surface area contributed by atoms with Crippen LogP contribution in [0.5, 0.6) is 17.2 Å². The predicted molar refractivity (Wildman–Crippen MR) is 119 cm³/mol. The van der Waals surface area contributed by atoms with Crippen LogP contribution in [0.15, 0.2) is 17.1 Å². The van der Waals surface area contributed by atoms with Crippen molar-refractivity contribution < 1.29 is 14.2 Å². The molecule has 0 radical (unpaired) electrons. The standard InChI is InChI=1S/C22H38N4O3/c1-17-9-6-7-13-26(17)14-8-11-24-22(23-2)25-12-10-19-20(28-4)15-18(27-3)16-21(19)29-5/h15-17H,6-14H2,1-5H3,(H2,23,24,25). The summed E-state index contributed by atoms with van der Waals surface area (Å²) in [4.78, 5) is 6.93. The summed E-state index contributed by atoms with van der Waals surface area (Å²) in [7, 11) is 6.76. The smallest absolute Gasteiger partial charge is 0.190 e. The first-order valence-electron chi connectivity index (χ1n) is 10.6. The minimum absolute atomic E-state index is 0.718. The molecule has 7 nitrogen and oxygen atoms in total. The molecular weight excluding hydrogens is 368 g/mol. The molecule has 0 aliphatic carbocycles. The fourth-order valence-corrected chi connectivity index (χ4v) is 3.83. The van der Waals surface area contributed by atoms with Gasteiger partial charge in [-0.1, -0.05) is 6.42 Å². The molecule has 1 atom stereocenters. The number of piperidine rings is 1. The number of aliphatic imine (C=N–C) groups is 1. The lowest BCUT2D eigenvalue weighted by Crippen LogP contribution is -2.41. The number of ether oxygens (including phenoxy) is 3. The van der Waals surface area contributed by atoms with E-state index in [0.717, 1.165) is 67.3 Å². The van der Waals surface area contributed by atoms with Crippen LogP contribution in [0, 0.1) is 0 Å². The third kappa shape index (κ3) is 6.99. The first-order valence-corrected chi connectivity index (χ1v) is 10.6. The highest BCUT2D eigenvalue weighted by molar-refractivity contribution is 5.79. The van der Waals surface area contributed by atoms with E-state index in [1.54, 1.807) is 28.4 Å². The van der Waals surface area contributed by atoms with Gasteiger partial charge in [0.25, 0.3) is 0 Å². The zero-order valence-corrected chi connectivity index (χ0v) is 18.7. The van der Waals surface area contributed by atoms with Crippen molar-refractivity contribution in [3.05, 3.63) is 17.7 Å². The van der Waals surface area contributed by atoms with Crippen molar-refractivity contribution in [3.63, 3.8) is 0 Å². The summed E-state index contributed by atoms with van der Waals surface area (Å²) in [5, 5.41) is 6.79. The normalized spacial score (nSPS) is 17.7. The number of rotatable bonds is 10. The van der Waals surface area contributed by atoms with Gasteiger partial charge in [0.2, 0.25) is 0 Å². The molecular formula is C22H38N4O3. The second kappa shape index (κ2) is 12.4. The van der Waals surface area contributed by atoms with Gasteiger partial charge in [-0.25, -0.2) is 0 Å². The molecule has 0 bridgehead atoms. The van der Waals surface area contributed by atoms with Crippen LogP contribution in [0.1, 0.15) is 38.2 Å². The highest BCUT2D eigenvalue weighted by atomic mass is 16.5. The van der Waals surface area contributed by atoms with Crippen molar-refractivity contribution in [2.45, 2.75) is 45.1 Å². The molecule has 0 amide bonds. The number of methoxy groups -OCH3 is 3. The minimum Gasteiger partial charge on any atom is -0.496 e. The summed E-state index contributed by atoms with van der Waals surface area (Å²) in [5.74, 6) is 3.07. The molecule has 0 aromatic heterocycles. The number of benzene rings is 1. The van der Waals surface area contributed by atoms with Crippen LogP contribution in [0.3, 0.4) is 0 Å². The summed E-state index contributed by atoms with van der Waals surface area (Å²) in [6.07, 6.45) is 5.90. The van der Waals surface area contributed by atoms with E-state index in [1.165, 1.54) is 25.8 Å². The van der Waals surface area contributed by atoms with E-state index in [1.807, 2.05) is 12.1 Å². The van der Waals surface area contributed by atoms with Crippen molar-refractivity contribution in [1.29, 1.82) is 0 Å². The maximum absolute atomic E-state index is 5.52. The molecule has 1 aromatic rings. The van der Waals surface area contributed by atoms with Crippen molar-refractivity contribution in [3.8, 4) is 17.2 Å². The zero-order valence-electron chi connectivity index (χ0n) is 18.7. The van der Waals surface area contributed by atoms with Gasteiger partial charge in [0.05, 0.1) is 21.3 Å². The highest BCUT2D eigenvalue weighted by Crippen LogP contribution is 2.34. The Morgan fingerprint density at radius 2 is 1.76 bits per heavy atom. The van der Waals surface area contributed by atoms with E-state index in [-0.39, 0.29) is 0 Å². The maximum atomic E-state index is 5.52. The van der Waals surface area contributed by atoms with Crippen molar-refractivity contribution in [1.82, 2.24) is 15.5 Å². The molecule has 1 aliphatic heterocycles. The molecule has 7 heteroatoms. The van der Waals surface area contributed by atoms with Crippen LogP contribution in [0.25, 0.3) is 0 Å². The van der Waals surface area contributed by atoms with E-state index in [2.05, 4.69) is 27.4 Å². The Labute approximate surface area is 175 Å². The molecule has 29 heavy (non-hydrogen) atoms. The molecule has 1 unspecified atom stereocenters. The predicted octanol–water partition coefficient (Wildman–Crippen LogP) is 2.68. The third-order valence-corrected chi connectivity index (χ3v) is 5.56. The van der Waals surface area contributed by atoms with Gasteiger partial charge in [0.15, 0.2) is 5.96 Å². The van der Waals surface area contributed by atoms with Gasteiger partial charge in [0, 0.05) is 50.4 Å². The number of hydrogen-bond donors (Lipinski definition) is 2. The number of likely N-dealkylation sites (tertiary alicyclic amines) is 1. The van der Waals surface area contributed by atoms with E-state index < -0.39 is 0 Å². The molecule has 1 heterocycles. The molecule has 1 aliphatic rings. The maximum Gasteiger partial charge on any atom is 0.190 e. The Hall–Kier alpha value is -2.15. The molecule has 164 valence electrons. The van der Waals surface area contributed by atoms with Crippen LogP contribution in [-0.2, 0) is 6.42 Å². The fraction of sp³-hybridized carbons (Fsp3) is 0.682. The van der Waals surface area contributed by atoms with Gasteiger partial charge < -0.3 is 29.7 Å². The average molecular weight is 407 g/mol. The minimum atomic E-state index is 0.718. The quantitative estimate of drug-likeness (QED) is 0.354. The summed E-state index contributed by atoms with van der Waals surface area (Å²) < 4.78 is 16.4. The molecule has 1 saturated heterocycles. The SMILES string of the molecule is CN=C(NCCCN1CCCCC1C)NCCc1c(OC)cc(OC)cc1OC. The second-order valence-corrected chi connectivity index (χ2v) is 7.42. The van der Waals surface area contributed by atoms with Crippen LogP contribution in [-0.4, -0.2) is 71.5 Å². The van der Waals surface area contributed by atoms with E-state index >= 15 is 0 Å². The molecule has 2 N–H and O–H groups in total. The van der Waals surface area contributed by atoms with Crippen molar-refractivity contribution >= 4 is 5.96 Å². The van der Waals surface area contributed by atoms with E-state index in [9.17, 15) is 0 Å². The van der Waals surface area contributed by atoms with Crippen molar-refractivity contribution in [2.24, 2.45) is 4.99 Å². The number of nitrogens with one attached hydrogen (secondary N) is 2. The molecule has 1 aromatic carbocycles. The van der Waals surface area contributed by atoms with Gasteiger partial charge in [-0.3, -0.25) is 4.99 Å². The molecule has 0 spiro atoms. The Morgan fingerprint density at radius 1 is 1.07 bits per heavy atom. The molecule has 1 fully saturated rings. The lowest BCUT2D eigenvalue weighted by Gasteiger charge is -2.33. The Morgan fingerprint density at radius 3 is 2.34 bits per heavy atom.